The molecule has 6 nitrogen and oxygen atoms in total. The standard InChI is InChI=1S/C24H18ClFN2O4/c1-32-19-9-6-16(11-18(19)26)22(29)20-21(15-4-7-17(25)8-5-15)28(24(31)23(20)30)13-14-3-2-10-27-12-14/h2-12,21,29H,13H2,1H3/b22-20+. The summed E-state index contributed by atoms with van der Waals surface area (Å²) in [5.74, 6) is -2.82. The highest BCUT2D eigenvalue weighted by Gasteiger charge is 2.46. The van der Waals surface area contributed by atoms with E-state index in [1.54, 1.807) is 48.8 Å². The van der Waals surface area contributed by atoms with Gasteiger partial charge in [0, 0.05) is 29.5 Å². The average Bonchev–Trinajstić information content (AvgIpc) is 3.04. The zero-order valence-corrected chi connectivity index (χ0v) is 17.7. The highest BCUT2D eigenvalue weighted by molar-refractivity contribution is 6.46. The number of likely N-dealkylation sites (tertiary alicyclic amines) is 1. The minimum atomic E-state index is -0.891. The molecule has 3 aromatic rings. The molecular weight excluding hydrogens is 435 g/mol. The van der Waals surface area contributed by atoms with Gasteiger partial charge < -0.3 is 14.7 Å². The number of aliphatic hydroxyl groups is 1. The first-order valence-electron chi connectivity index (χ1n) is 9.67. The number of hydrogen-bond acceptors (Lipinski definition) is 5. The van der Waals surface area contributed by atoms with E-state index in [1.807, 2.05) is 0 Å². The molecule has 1 aliphatic heterocycles. The molecule has 8 heteroatoms. The molecule has 0 aliphatic carbocycles. The summed E-state index contributed by atoms with van der Waals surface area (Å²) in [6, 6.07) is 13.1. The van der Waals surface area contributed by atoms with Crippen LogP contribution in [0.5, 0.6) is 5.75 Å². The van der Waals surface area contributed by atoms with Crippen LogP contribution in [0.25, 0.3) is 5.76 Å². The second kappa shape index (κ2) is 8.80. The van der Waals surface area contributed by atoms with Gasteiger partial charge in [0.15, 0.2) is 11.6 Å². The summed E-state index contributed by atoms with van der Waals surface area (Å²) in [5.41, 5.74) is 1.21. The van der Waals surface area contributed by atoms with Crippen molar-refractivity contribution < 1.29 is 23.8 Å². The largest absolute Gasteiger partial charge is 0.507 e. The molecule has 1 atom stereocenters. The lowest BCUT2D eigenvalue weighted by Gasteiger charge is -2.25. The number of hydrogen-bond donors (Lipinski definition) is 1. The Kier molecular flexibility index (Phi) is 5.92. The molecule has 4 rings (SSSR count). The van der Waals surface area contributed by atoms with Crippen molar-refractivity contribution in [3.63, 3.8) is 0 Å². The number of carbonyl (C=O) groups is 2. The quantitative estimate of drug-likeness (QED) is 0.350. The van der Waals surface area contributed by atoms with Gasteiger partial charge in [-0.15, -0.1) is 0 Å². The predicted octanol–water partition coefficient (Wildman–Crippen LogP) is 4.50. The Bertz CT molecular complexity index is 1210. The maximum absolute atomic E-state index is 14.3. The maximum Gasteiger partial charge on any atom is 0.295 e. The zero-order valence-electron chi connectivity index (χ0n) is 17.0. The third-order valence-corrected chi connectivity index (χ3v) is 5.48. The van der Waals surface area contributed by atoms with E-state index in [-0.39, 0.29) is 23.4 Å². The number of carbonyl (C=O) groups excluding carboxylic acids is 2. The van der Waals surface area contributed by atoms with E-state index >= 15 is 0 Å². The molecule has 1 unspecified atom stereocenters. The Balaban J connectivity index is 1.86. The summed E-state index contributed by atoms with van der Waals surface area (Å²) >= 11 is 6.01. The topological polar surface area (TPSA) is 79.7 Å². The van der Waals surface area contributed by atoms with Crippen LogP contribution in [0.15, 0.2) is 72.6 Å². The van der Waals surface area contributed by atoms with Crippen LogP contribution in [0.1, 0.15) is 22.7 Å². The molecule has 0 spiro atoms. The van der Waals surface area contributed by atoms with Gasteiger partial charge in [-0.2, -0.15) is 0 Å². The SMILES string of the molecule is COc1ccc(/C(O)=C2\C(=O)C(=O)N(Cc3cccnc3)C2c2ccc(Cl)cc2)cc1F. The third-order valence-electron chi connectivity index (χ3n) is 5.23. The Morgan fingerprint density at radius 1 is 1.19 bits per heavy atom. The first kappa shape index (κ1) is 21.5. The molecule has 2 aromatic carbocycles. The van der Waals surface area contributed by atoms with Crippen LogP contribution < -0.4 is 4.74 Å². The summed E-state index contributed by atoms with van der Waals surface area (Å²) in [6.45, 7) is 0.0967. The van der Waals surface area contributed by atoms with E-state index in [9.17, 15) is 19.1 Å². The number of aromatic nitrogens is 1. The van der Waals surface area contributed by atoms with E-state index in [4.69, 9.17) is 16.3 Å². The predicted molar refractivity (Wildman–Crippen MR) is 116 cm³/mol. The molecule has 1 N–H and O–H groups in total. The number of benzene rings is 2. The fourth-order valence-corrected chi connectivity index (χ4v) is 3.82. The molecule has 162 valence electrons. The lowest BCUT2D eigenvalue weighted by Crippen LogP contribution is -2.29. The van der Waals surface area contributed by atoms with Crippen LogP contribution in [-0.4, -0.2) is 33.8 Å². The van der Waals surface area contributed by atoms with E-state index in [1.165, 1.54) is 24.1 Å². The summed E-state index contributed by atoms with van der Waals surface area (Å²) in [4.78, 5) is 31.4. The molecule has 32 heavy (non-hydrogen) atoms. The number of methoxy groups -OCH3 is 1. The fraction of sp³-hybridized carbons (Fsp3) is 0.125. The monoisotopic (exact) mass is 452 g/mol. The summed E-state index contributed by atoms with van der Waals surface area (Å²) in [7, 11) is 1.32. The highest BCUT2D eigenvalue weighted by atomic mass is 35.5. The number of Topliss-reactive ketones (excluding diaryl/α,β-unsaturated/α-hetero) is 1. The van der Waals surface area contributed by atoms with E-state index in [0.717, 1.165) is 6.07 Å². The van der Waals surface area contributed by atoms with Crippen LogP contribution in [0, 0.1) is 5.82 Å². The second-order valence-corrected chi connectivity index (χ2v) is 7.63. The third kappa shape index (κ3) is 3.94. The molecule has 1 fully saturated rings. The minimum absolute atomic E-state index is 0.00664. The van der Waals surface area contributed by atoms with Crippen LogP contribution >= 0.6 is 11.6 Å². The van der Waals surface area contributed by atoms with Crippen molar-refractivity contribution in [2.75, 3.05) is 7.11 Å². The molecule has 0 bridgehead atoms. The zero-order chi connectivity index (χ0) is 22.8. The fourth-order valence-electron chi connectivity index (χ4n) is 3.69. The van der Waals surface area contributed by atoms with Crippen molar-refractivity contribution in [3.8, 4) is 5.75 Å². The number of nitrogens with zero attached hydrogens (tertiary/aromatic N) is 2. The molecule has 1 aliphatic rings. The number of halogens is 2. The Morgan fingerprint density at radius 2 is 1.94 bits per heavy atom. The van der Waals surface area contributed by atoms with Crippen molar-refractivity contribution in [3.05, 3.63) is 100 Å². The van der Waals surface area contributed by atoms with Gasteiger partial charge in [-0.25, -0.2) is 4.39 Å². The Hall–Kier alpha value is -3.71. The molecule has 2 heterocycles. The van der Waals surface area contributed by atoms with Gasteiger partial charge in [0.05, 0.1) is 18.7 Å². The first-order chi connectivity index (χ1) is 15.4. The van der Waals surface area contributed by atoms with Gasteiger partial charge in [0.25, 0.3) is 11.7 Å². The smallest absolute Gasteiger partial charge is 0.295 e. The second-order valence-electron chi connectivity index (χ2n) is 7.19. The van der Waals surface area contributed by atoms with Gasteiger partial charge in [0.2, 0.25) is 0 Å². The summed E-state index contributed by atoms with van der Waals surface area (Å²) in [6.07, 6.45) is 3.20. The molecule has 1 aromatic heterocycles. The maximum atomic E-state index is 14.3. The Morgan fingerprint density at radius 3 is 2.56 bits per heavy atom. The number of aliphatic hydroxyl groups excluding tert-OH is 1. The summed E-state index contributed by atoms with van der Waals surface area (Å²) < 4.78 is 19.2. The first-order valence-corrected chi connectivity index (χ1v) is 10.0. The van der Waals surface area contributed by atoms with Gasteiger partial charge >= 0.3 is 0 Å². The van der Waals surface area contributed by atoms with Crippen molar-refractivity contribution in [1.82, 2.24) is 9.88 Å². The number of ketones is 1. The van der Waals surface area contributed by atoms with Gasteiger partial charge in [-0.1, -0.05) is 29.8 Å². The number of rotatable bonds is 5. The summed E-state index contributed by atoms with van der Waals surface area (Å²) in [5, 5.41) is 11.5. The average molecular weight is 453 g/mol. The molecular formula is C24H18ClFN2O4. The van der Waals surface area contributed by atoms with Gasteiger partial charge in [0.1, 0.15) is 5.76 Å². The van der Waals surface area contributed by atoms with Crippen molar-refractivity contribution >= 4 is 29.1 Å². The van der Waals surface area contributed by atoms with Crippen molar-refractivity contribution in [2.24, 2.45) is 0 Å². The minimum Gasteiger partial charge on any atom is -0.507 e. The molecule has 0 radical (unpaired) electrons. The van der Waals surface area contributed by atoms with Gasteiger partial charge in [-0.05, 0) is 47.5 Å². The van der Waals surface area contributed by atoms with Crippen LogP contribution in [0.4, 0.5) is 4.39 Å². The van der Waals surface area contributed by atoms with E-state index in [2.05, 4.69) is 4.98 Å². The molecule has 1 saturated heterocycles. The van der Waals surface area contributed by atoms with E-state index in [0.29, 0.717) is 16.1 Å². The van der Waals surface area contributed by atoms with Crippen LogP contribution in [-0.2, 0) is 16.1 Å². The molecule has 1 amide bonds. The normalized spacial score (nSPS) is 17.6. The number of pyridine rings is 1. The van der Waals surface area contributed by atoms with Crippen molar-refractivity contribution in [1.29, 1.82) is 0 Å². The van der Waals surface area contributed by atoms with Crippen LogP contribution in [0.2, 0.25) is 5.02 Å². The lowest BCUT2D eigenvalue weighted by molar-refractivity contribution is -0.140. The van der Waals surface area contributed by atoms with Crippen LogP contribution in [0.3, 0.4) is 0 Å². The van der Waals surface area contributed by atoms with Gasteiger partial charge in [-0.3, -0.25) is 14.6 Å². The number of amides is 1. The van der Waals surface area contributed by atoms with Crippen molar-refractivity contribution in [2.45, 2.75) is 12.6 Å². The highest BCUT2D eigenvalue weighted by Crippen LogP contribution is 2.40. The molecule has 0 saturated carbocycles. The Labute approximate surface area is 188 Å². The lowest BCUT2D eigenvalue weighted by atomic mass is 9.95. The van der Waals surface area contributed by atoms with E-state index < -0.39 is 29.3 Å². The number of ether oxygens (including phenoxy) is 1.